The normalized spacial score (nSPS) is 19.0. The molecule has 0 saturated heterocycles. The molecular formula is C25H27F3N2O2. The summed E-state index contributed by atoms with van der Waals surface area (Å²) in [5.41, 5.74) is 2.57. The van der Waals surface area contributed by atoms with E-state index < -0.39 is 17.7 Å². The first-order valence-corrected chi connectivity index (χ1v) is 11.0. The second kappa shape index (κ2) is 9.36. The highest BCUT2D eigenvalue weighted by atomic mass is 19.1. The number of carbonyl (C=O) groups excluding carboxylic acids is 1. The largest absolute Gasteiger partial charge is 0.384 e. The van der Waals surface area contributed by atoms with Crippen molar-refractivity contribution >= 4 is 16.8 Å². The SMILES string of the molecule is C[C@H](O)C(=O)NCCCC1CC(Cc2c(-c3ccc(F)cc3)[nH]c3c(F)cc(F)cc23)C1. The zero-order valence-corrected chi connectivity index (χ0v) is 17.9. The number of aromatic nitrogens is 1. The van der Waals surface area contributed by atoms with Crippen molar-refractivity contribution in [2.45, 2.75) is 45.1 Å². The van der Waals surface area contributed by atoms with Crippen molar-refractivity contribution in [2.75, 3.05) is 6.54 Å². The van der Waals surface area contributed by atoms with E-state index in [1.807, 2.05) is 0 Å². The van der Waals surface area contributed by atoms with Gasteiger partial charge >= 0.3 is 0 Å². The van der Waals surface area contributed by atoms with Crippen molar-refractivity contribution in [3.05, 3.63) is 59.4 Å². The maximum absolute atomic E-state index is 14.4. The molecule has 170 valence electrons. The van der Waals surface area contributed by atoms with Crippen LogP contribution in [0.5, 0.6) is 0 Å². The molecule has 4 nitrogen and oxygen atoms in total. The summed E-state index contributed by atoms with van der Waals surface area (Å²) in [6.45, 7) is 1.98. The molecule has 32 heavy (non-hydrogen) atoms. The van der Waals surface area contributed by atoms with Gasteiger partial charge in [-0.1, -0.05) is 0 Å². The van der Waals surface area contributed by atoms with E-state index in [0.29, 0.717) is 35.9 Å². The molecule has 1 amide bonds. The van der Waals surface area contributed by atoms with Gasteiger partial charge < -0.3 is 15.4 Å². The summed E-state index contributed by atoms with van der Waals surface area (Å²) in [6, 6.07) is 8.23. The fourth-order valence-electron chi connectivity index (χ4n) is 4.66. The van der Waals surface area contributed by atoms with Gasteiger partial charge in [0.1, 0.15) is 23.6 Å². The Morgan fingerprint density at radius 3 is 2.53 bits per heavy atom. The lowest BCUT2D eigenvalue weighted by molar-refractivity contribution is -0.128. The summed E-state index contributed by atoms with van der Waals surface area (Å²) in [4.78, 5) is 14.5. The van der Waals surface area contributed by atoms with Gasteiger partial charge in [-0.2, -0.15) is 0 Å². The molecule has 0 spiro atoms. The first kappa shape index (κ1) is 22.4. The van der Waals surface area contributed by atoms with Gasteiger partial charge in [0, 0.05) is 23.7 Å². The van der Waals surface area contributed by atoms with Crippen molar-refractivity contribution in [1.29, 1.82) is 0 Å². The van der Waals surface area contributed by atoms with Crippen molar-refractivity contribution in [3.63, 3.8) is 0 Å². The monoisotopic (exact) mass is 444 g/mol. The molecule has 1 saturated carbocycles. The molecule has 0 aliphatic heterocycles. The number of H-pyrrole nitrogens is 1. The number of aliphatic hydroxyl groups is 1. The number of rotatable bonds is 8. The molecule has 0 unspecified atom stereocenters. The Bertz CT molecular complexity index is 1100. The average molecular weight is 444 g/mol. The highest BCUT2D eigenvalue weighted by molar-refractivity contribution is 5.91. The average Bonchev–Trinajstić information content (AvgIpc) is 3.07. The smallest absolute Gasteiger partial charge is 0.248 e. The molecule has 1 aliphatic carbocycles. The summed E-state index contributed by atoms with van der Waals surface area (Å²) in [5.74, 6) is -1.02. The van der Waals surface area contributed by atoms with Gasteiger partial charge in [0.25, 0.3) is 0 Å². The minimum absolute atomic E-state index is 0.269. The maximum Gasteiger partial charge on any atom is 0.248 e. The molecule has 1 aromatic heterocycles. The van der Waals surface area contributed by atoms with E-state index in [0.717, 1.165) is 42.9 Å². The summed E-state index contributed by atoms with van der Waals surface area (Å²) in [6.07, 6.45) is 3.54. The first-order valence-electron chi connectivity index (χ1n) is 11.0. The van der Waals surface area contributed by atoms with Crippen LogP contribution in [0.15, 0.2) is 36.4 Å². The van der Waals surface area contributed by atoms with Gasteiger partial charge in [0.05, 0.1) is 5.52 Å². The summed E-state index contributed by atoms with van der Waals surface area (Å²) >= 11 is 0. The third-order valence-electron chi connectivity index (χ3n) is 6.36. The standard InChI is InChI=1S/C25H27F3N2O2/c1-14(31)25(32)29-8-2-3-15-9-16(10-15)11-20-21-12-19(27)13-22(28)24(21)30-23(20)17-4-6-18(26)7-5-17/h4-7,12-16,30-31H,2-3,8-11H2,1H3,(H,29,32)/t14-,15?,16?/m0/s1. The quantitative estimate of drug-likeness (QED) is 0.424. The van der Waals surface area contributed by atoms with Crippen molar-refractivity contribution in [2.24, 2.45) is 11.8 Å². The van der Waals surface area contributed by atoms with E-state index in [1.165, 1.54) is 25.1 Å². The minimum Gasteiger partial charge on any atom is -0.384 e. The number of hydrogen-bond donors (Lipinski definition) is 3. The molecule has 0 bridgehead atoms. The van der Waals surface area contributed by atoms with Crippen molar-refractivity contribution in [1.82, 2.24) is 10.3 Å². The van der Waals surface area contributed by atoms with Crippen LogP contribution >= 0.6 is 0 Å². The number of aromatic amines is 1. The van der Waals surface area contributed by atoms with Gasteiger partial charge in [-0.25, -0.2) is 13.2 Å². The maximum atomic E-state index is 14.4. The molecule has 0 radical (unpaired) electrons. The third kappa shape index (κ3) is 4.83. The fourth-order valence-corrected chi connectivity index (χ4v) is 4.66. The lowest BCUT2D eigenvalue weighted by Crippen LogP contribution is -2.33. The van der Waals surface area contributed by atoms with E-state index in [-0.39, 0.29) is 17.2 Å². The van der Waals surface area contributed by atoms with Crippen LogP contribution in [-0.2, 0) is 11.2 Å². The second-order valence-electron chi connectivity index (χ2n) is 8.81. The Labute approximate surface area is 184 Å². The Morgan fingerprint density at radius 2 is 1.84 bits per heavy atom. The number of carbonyl (C=O) groups is 1. The van der Waals surface area contributed by atoms with E-state index >= 15 is 0 Å². The summed E-state index contributed by atoms with van der Waals surface area (Å²) in [5, 5.41) is 12.4. The molecule has 1 fully saturated rings. The van der Waals surface area contributed by atoms with Crippen LogP contribution < -0.4 is 5.32 Å². The lowest BCUT2D eigenvalue weighted by Gasteiger charge is -2.36. The number of fused-ring (bicyclic) bond motifs is 1. The topological polar surface area (TPSA) is 65.1 Å². The Morgan fingerprint density at radius 1 is 1.12 bits per heavy atom. The highest BCUT2D eigenvalue weighted by Gasteiger charge is 2.30. The Hall–Kier alpha value is -2.80. The van der Waals surface area contributed by atoms with Crippen molar-refractivity contribution < 1.29 is 23.1 Å². The summed E-state index contributed by atoms with van der Waals surface area (Å²) < 4.78 is 41.8. The van der Waals surface area contributed by atoms with Crippen LogP contribution in [0, 0.1) is 29.3 Å². The second-order valence-corrected chi connectivity index (χ2v) is 8.81. The lowest BCUT2D eigenvalue weighted by atomic mass is 9.70. The molecule has 1 heterocycles. The third-order valence-corrected chi connectivity index (χ3v) is 6.36. The molecule has 3 aromatic rings. The molecule has 2 aromatic carbocycles. The van der Waals surface area contributed by atoms with Crippen LogP contribution in [-0.4, -0.2) is 28.6 Å². The zero-order chi connectivity index (χ0) is 22.8. The zero-order valence-electron chi connectivity index (χ0n) is 17.9. The van der Waals surface area contributed by atoms with Crippen LogP contribution in [0.3, 0.4) is 0 Å². The molecule has 1 aliphatic rings. The van der Waals surface area contributed by atoms with Gasteiger partial charge in [0.15, 0.2) is 0 Å². The minimum atomic E-state index is -0.996. The van der Waals surface area contributed by atoms with E-state index in [2.05, 4.69) is 10.3 Å². The molecule has 7 heteroatoms. The predicted octanol–water partition coefficient (Wildman–Crippen LogP) is 5.10. The Balaban J connectivity index is 1.44. The number of nitrogens with one attached hydrogen (secondary N) is 2. The predicted molar refractivity (Wildman–Crippen MR) is 117 cm³/mol. The number of aliphatic hydroxyl groups excluding tert-OH is 1. The highest BCUT2D eigenvalue weighted by Crippen LogP contribution is 2.42. The van der Waals surface area contributed by atoms with Gasteiger partial charge in [0.2, 0.25) is 5.91 Å². The van der Waals surface area contributed by atoms with Gasteiger partial charge in [-0.05, 0) is 92.3 Å². The molecule has 4 rings (SSSR count). The first-order chi connectivity index (χ1) is 15.3. The van der Waals surface area contributed by atoms with E-state index in [9.17, 15) is 23.1 Å². The molecule has 1 atom stereocenters. The summed E-state index contributed by atoms with van der Waals surface area (Å²) in [7, 11) is 0. The van der Waals surface area contributed by atoms with Crippen LogP contribution in [0.4, 0.5) is 13.2 Å². The molecule has 3 N–H and O–H groups in total. The van der Waals surface area contributed by atoms with Crippen molar-refractivity contribution in [3.8, 4) is 11.3 Å². The van der Waals surface area contributed by atoms with E-state index in [4.69, 9.17) is 0 Å². The number of benzene rings is 2. The van der Waals surface area contributed by atoms with Crippen LogP contribution in [0.2, 0.25) is 0 Å². The molecular weight excluding hydrogens is 417 g/mol. The van der Waals surface area contributed by atoms with Gasteiger partial charge in [-0.3, -0.25) is 4.79 Å². The number of amides is 1. The fraction of sp³-hybridized carbons (Fsp3) is 0.400. The van der Waals surface area contributed by atoms with E-state index in [1.54, 1.807) is 12.1 Å². The van der Waals surface area contributed by atoms with Crippen LogP contribution in [0.25, 0.3) is 22.2 Å². The van der Waals surface area contributed by atoms with Crippen LogP contribution in [0.1, 0.15) is 38.2 Å². The number of hydrogen-bond acceptors (Lipinski definition) is 2. The number of halogens is 3. The van der Waals surface area contributed by atoms with Gasteiger partial charge in [-0.15, -0.1) is 0 Å². The Kier molecular flexibility index (Phi) is 6.55.